The minimum Gasteiger partial charge on any atom is -0.450 e. The van der Waals surface area contributed by atoms with Gasteiger partial charge in [0.05, 0.1) is 28.9 Å². The van der Waals surface area contributed by atoms with Gasteiger partial charge in [-0.3, -0.25) is 14.5 Å². The molecule has 3 atom stereocenters. The molecule has 1 saturated carbocycles. The molecule has 1 unspecified atom stereocenters. The van der Waals surface area contributed by atoms with E-state index < -0.39 is 44.4 Å². The van der Waals surface area contributed by atoms with Crippen LogP contribution in [0.2, 0.25) is 0 Å². The second-order valence-electron chi connectivity index (χ2n) is 11.0. The zero-order valence-corrected chi connectivity index (χ0v) is 23.2. The first kappa shape index (κ1) is 28.3. The number of nitrogens with zero attached hydrogens (tertiary/aromatic N) is 4. The first-order valence-corrected chi connectivity index (χ1v) is 15.3. The van der Waals surface area contributed by atoms with Crippen LogP contribution in [-0.4, -0.2) is 103 Å². The zero-order valence-electron chi connectivity index (χ0n) is 22.4. The molecular formula is C27H34FN5O6S. The maximum Gasteiger partial charge on any atom is 0.409 e. The highest BCUT2D eigenvalue weighted by Gasteiger charge is 2.52. The number of amides is 3. The molecule has 1 aromatic carbocycles. The van der Waals surface area contributed by atoms with Crippen molar-refractivity contribution in [2.45, 2.75) is 79.3 Å². The third kappa shape index (κ3) is 5.39. The van der Waals surface area contributed by atoms with Gasteiger partial charge in [0, 0.05) is 32.2 Å². The summed E-state index contributed by atoms with van der Waals surface area (Å²) in [5, 5.41) is 11.2. The molecule has 3 heterocycles. The summed E-state index contributed by atoms with van der Waals surface area (Å²) in [5.74, 6) is -1.40. The SMILES string of the molecule is CCOC(=O)N1CCC(N2CCC2C(=O)N2C[C@H](S(=O)(=O)c3ccc(F)cc3)C[C@H]2C(=O)NC2(C#N)CC2)CC1. The molecule has 1 N–H and O–H groups in total. The van der Waals surface area contributed by atoms with Gasteiger partial charge < -0.3 is 19.9 Å². The first-order valence-electron chi connectivity index (χ1n) is 13.8. The Morgan fingerprint density at radius 3 is 2.33 bits per heavy atom. The lowest BCUT2D eigenvalue weighted by molar-refractivity contribution is -0.148. The molecular weight excluding hydrogens is 541 g/mol. The minimum atomic E-state index is -3.96. The number of ether oxygens (including phenoxy) is 1. The summed E-state index contributed by atoms with van der Waals surface area (Å²) in [6.07, 6.45) is 2.50. The number of hydrogen-bond donors (Lipinski definition) is 1. The van der Waals surface area contributed by atoms with Gasteiger partial charge >= 0.3 is 6.09 Å². The summed E-state index contributed by atoms with van der Waals surface area (Å²) >= 11 is 0. The second kappa shape index (κ2) is 11.0. The fourth-order valence-corrected chi connectivity index (χ4v) is 7.63. The van der Waals surface area contributed by atoms with Gasteiger partial charge in [-0.2, -0.15) is 5.26 Å². The molecule has 40 heavy (non-hydrogen) atoms. The van der Waals surface area contributed by atoms with Crippen LogP contribution in [0.1, 0.15) is 45.4 Å². The number of hydrogen-bond acceptors (Lipinski definition) is 8. The average molecular weight is 576 g/mol. The predicted molar refractivity (Wildman–Crippen MR) is 140 cm³/mol. The van der Waals surface area contributed by atoms with Gasteiger partial charge in [0.15, 0.2) is 9.84 Å². The highest BCUT2D eigenvalue weighted by Crippen LogP contribution is 2.37. The van der Waals surface area contributed by atoms with E-state index in [2.05, 4.69) is 16.3 Å². The Morgan fingerprint density at radius 2 is 1.77 bits per heavy atom. The number of benzene rings is 1. The topological polar surface area (TPSA) is 140 Å². The molecule has 216 valence electrons. The van der Waals surface area contributed by atoms with Crippen LogP contribution in [0.15, 0.2) is 29.2 Å². The molecule has 3 aliphatic heterocycles. The number of likely N-dealkylation sites (tertiary alicyclic amines) is 3. The largest absolute Gasteiger partial charge is 0.450 e. The molecule has 4 aliphatic rings. The quantitative estimate of drug-likeness (QED) is 0.482. The van der Waals surface area contributed by atoms with Crippen molar-refractivity contribution in [3.63, 3.8) is 0 Å². The number of carbonyl (C=O) groups excluding carboxylic acids is 3. The Balaban J connectivity index is 1.31. The lowest BCUT2D eigenvalue weighted by atomic mass is 9.93. The number of halogens is 1. The first-order chi connectivity index (χ1) is 19.1. The van der Waals surface area contributed by atoms with E-state index >= 15 is 0 Å². The van der Waals surface area contributed by atoms with Crippen molar-refractivity contribution < 1.29 is 31.9 Å². The highest BCUT2D eigenvalue weighted by atomic mass is 32.2. The van der Waals surface area contributed by atoms with E-state index in [4.69, 9.17) is 4.74 Å². The highest BCUT2D eigenvalue weighted by molar-refractivity contribution is 7.92. The molecule has 11 nitrogen and oxygen atoms in total. The molecule has 0 spiro atoms. The molecule has 13 heteroatoms. The Morgan fingerprint density at radius 1 is 1.10 bits per heavy atom. The molecule has 3 saturated heterocycles. The van der Waals surface area contributed by atoms with Crippen molar-refractivity contribution in [1.29, 1.82) is 5.26 Å². The second-order valence-corrected chi connectivity index (χ2v) is 13.2. The van der Waals surface area contributed by atoms with E-state index in [0.717, 1.165) is 12.1 Å². The normalized spacial score (nSPS) is 26.5. The lowest BCUT2D eigenvalue weighted by Gasteiger charge is -2.48. The monoisotopic (exact) mass is 575 g/mol. The zero-order chi connectivity index (χ0) is 28.7. The molecule has 3 amide bonds. The molecule has 5 rings (SSSR count). The summed E-state index contributed by atoms with van der Waals surface area (Å²) in [7, 11) is -3.96. The third-order valence-corrected chi connectivity index (χ3v) is 10.7. The summed E-state index contributed by atoms with van der Waals surface area (Å²) in [5.41, 5.74) is -0.963. The number of nitriles is 1. The fourth-order valence-electron chi connectivity index (χ4n) is 5.94. The Labute approximate surface area is 233 Å². The number of piperidine rings is 1. The van der Waals surface area contributed by atoms with Crippen LogP contribution in [0, 0.1) is 17.1 Å². The van der Waals surface area contributed by atoms with Crippen LogP contribution in [-0.2, 0) is 24.2 Å². The Hall–Kier alpha value is -3.24. The van der Waals surface area contributed by atoms with Crippen molar-refractivity contribution in [1.82, 2.24) is 20.0 Å². The van der Waals surface area contributed by atoms with Crippen LogP contribution in [0.4, 0.5) is 9.18 Å². The van der Waals surface area contributed by atoms with Crippen molar-refractivity contribution >= 4 is 27.7 Å². The summed E-state index contributed by atoms with van der Waals surface area (Å²) in [6, 6.07) is 5.17. The minimum absolute atomic E-state index is 0.0679. The van der Waals surface area contributed by atoms with Gasteiger partial charge in [-0.1, -0.05) is 0 Å². The van der Waals surface area contributed by atoms with E-state index in [1.165, 1.54) is 17.0 Å². The number of nitrogens with one attached hydrogen (secondary N) is 1. The number of rotatable bonds is 7. The van der Waals surface area contributed by atoms with Gasteiger partial charge in [-0.25, -0.2) is 17.6 Å². The smallest absolute Gasteiger partial charge is 0.409 e. The molecule has 0 radical (unpaired) electrons. The maximum absolute atomic E-state index is 13.9. The van der Waals surface area contributed by atoms with Gasteiger partial charge in [-0.05, 0) is 69.7 Å². The molecule has 1 aliphatic carbocycles. The van der Waals surface area contributed by atoms with Gasteiger partial charge in [0.25, 0.3) is 0 Å². The van der Waals surface area contributed by atoms with E-state index in [9.17, 15) is 32.5 Å². The Kier molecular flexibility index (Phi) is 7.76. The molecule has 0 aromatic heterocycles. The summed E-state index contributed by atoms with van der Waals surface area (Å²) in [6.45, 7) is 3.63. The van der Waals surface area contributed by atoms with Crippen molar-refractivity contribution in [2.24, 2.45) is 0 Å². The van der Waals surface area contributed by atoms with Crippen LogP contribution in [0.25, 0.3) is 0 Å². The summed E-state index contributed by atoms with van der Waals surface area (Å²) < 4.78 is 45.4. The third-order valence-electron chi connectivity index (χ3n) is 8.56. The fraction of sp³-hybridized carbons (Fsp3) is 0.630. The predicted octanol–water partition coefficient (Wildman–Crippen LogP) is 1.44. The average Bonchev–Trinajstić information content (AvgIpc) is 3.53. The van der Waals surface area contributed by atoms with Crippen molar-refractivity contribution in [2.75, 3.05) is 32.8 Å². The van der Waals surface area contributed by atoms with Gasteiger partial charge in [-0.15, -0.1) is 0 Å². The number of carbonyl (C=O) groups is 3. The van der Waals surface area contributed by atoms with E-state index in [1.807, 2.05) is 0 Å². The van der Waals surface area contributed by atoms with Crippen molar-refractivity contribution in [3.8, 4) is 6.07 Å². The van der Waals surface area contributed by atoms with E-state index in [0.29, 0.717) is 58.3 Å². The number of sulfone groups is 1. The molecule has 0 bridgehead atoms. The van der Waals surface area contributed by atoms with Gasteiger partial charge in [0.2, 0.25) is 11.8 Å². The van der Waals surface area contributed by atoms with E-state index in [-0.39, 0.29) is 35.9 Å². The van der Waals surface area contributed by atoms with Crippen LogP contribution in [0.3, 0.4) is 0 Å². The van der Waals surface area contributed by atoms with Gasteiger partial charge in [0.1, 0.15) is 17.4 Å². The molecule has 1 aromatic rings. The van der Waals surface area contributed by atoms with Crippen LogP contribution in [0.5, 0.6) is 0 Å². The standard InChI is InChI=1S/C27H34FN5O6S/c1-2-39-26(36)31-12-7-19(8-13-31)32-14-9-22(32)25(35)33-16-21(40(37,38)20-5-3-18(28)4-6-20)15-23(33)24(34)30-27(17-29)10-11-27/h3-6,19,21-23H,2,7-16H2,1H3,(H,30,34)/t21-,22?,23+/m1/s1. The van der Waals surface area contributed by atoms with Crippen LogP contribution >= 0.6 is 0 Å². The Bertz CT molecular complexity index is 1300. The van der Waals surface area contributed by atoms with E-state index in [1.54, 1.807) is 11.8 Å². The van der Waals surface area contributed by atoms with Crippen molar-refractivity contribution in [3.05, 3.63) is 30.1 Å². The molecule has 4 fully saturated rings. The summed E-state index contributed by atoms with van der Waals surface area (Å²) in [4.78, 5) is 44.3. The maximum atomic E-state index is 13.9. The lowest BCUT2D eigenvalue weighted by Crippen LogP contribution is -2.63. The van der Waals surface area contributed by atoms with Crippen LogP contribution < -0.4 is 5.32 Å².